The number of sulfonamides is 1. The van der Waals surface area contributed by atoms with Crippen LogP contribution in [0.25, 0.3) is 0 Å². The molecule has 2 aromatic rings. The van der Waals surface area contributed by atoms with Gasteiger partial charge < -0.3 is 14.2 Å². The largest absolute Gasteiger partial charge is 0.457 e. The van der Waals surface area contributed by atoms with Gasteiger partial charge in [-0.25, -0.2) is 23.1 Å². The molecule has 0 aliphatic carbocycles. The number of carbonyl (C=O) groups is 1. The van der Waals surface area contributed by atoms with Crippen molar-refractivity contribution in [1.82, 2.24) is 10.2 Å². The standard InChI is InChI=1S/C17H17FN2O7S/c18-12-1-3-13(4-2-12)26-14-5-7-15(8-6-14)28(23,24)20-17(9-10-25-11-17)27-16(21)19-22/h1-8,20,22H,9-11H2,(H,19,21). The number of hydrogen-bond acceptors (Lipinski definition) is 7. The molecule has 0 radical (unpaired) electrons. The molecule has 1 aliphatic heterocycles. The van der Waals surface area contributed by atoms with Gasteiger partial charge in [0.2, 0.25) is 15.7 Å². The van der Waals surface area contributed by atoms with Crippen LogP contribution in [0.2, 0.25) is 0 Å². The van der Waals surface area contributed by atoms with E-state index < -0.39 is 27.7 Å². The molecular weight excluding hydrogens is 395 g/mol. The van der Waals surface area contributed by atoms with E-state index in [1.165, 1.54) is 54.0 Å². The Bertz CT molecular complexity index is 927. The zero-order chi connectivity index (χ0) is 20.2. The molecule has 11 heteroatoms. The average Bonchev–Trinajstić information content (AvgIpc) is 3.11. The van der Waals surface area contributed by atoms with Gasteiger partial charge in [0.1, 0.15) is 23.9 Å². The molecule has 3 rings (SSSR count). The van der Waals surface area contributed by atoms with Crippen LogP contribution >= 0.6 is 0 Å². The van der Waals surface area contributed by atoms with E-state index in [1.54, 1.807) is 0 Å². The number of halogens is 1. The highest BCUT2D eigenvalue weighted by molar-refractivity contribution is 7.89. The molecule has 1 saturated heterocycles. The topological polar surface area (TPSA) is 123 Å². The Kier molecular flexibility index (Phi) is 5.79. The fraction of sp³-hybridized carbons (Fsp3) is 0.235. The van der Waals surface area contributed by atoms with Crippen LogP contribution < -0.4 is 14.9 Å². The van der Waals surface area contributed by atoms with Crippen LogP contribution in [0.5, 0.6) is 11.5 Å². The first kappa shape index (κ1) is 20.0. The summed E-state index contributed by atoms with van der Waals surface area (Å²) in [5.74, 6) is 0.336. The fourth-order valence-corrected chi connectivity index (χ4v) is 3.86. The van der Waals surface area contributed by atoms with E-state index in [-0.39, 0.29) is 24.5 Å². The SMILES string of the molecule is O=C(NO)OC1(NS(=O)(=O)c2ccc(Oc3ccc(F)cc3)cc2)CCOC1. The molecular formula is C17H17FN2O7S. The van der Waals surface area contributed by atoms with Gasteiger partial charge in [0.15, 0.2) is 0 Å². The summed E-state index contributed by atoms with van der Waals surface area (Å²) in [6.07, 6.45) is -1.14. The minimum absolute atomic E-state index is 0.0748. The highest BCUT2D eigenvalue weighted by Gasteiger charge is 2.43. The molecule has 0 saturated carbocycles. The Hall–Kier alpha value is -2.73. The van der Waals surface area contributed by atoms with Crippen LogP contribution in [0.4, 0.5) is 9.18 Å². The van der Waals surface area contributed by atoms with Gasteiger partial charge in [-0.2, -0.15) is 4.72 Å². The van der Waals surface area contributed by atoms with Crippen molar-refractivity contribution in [3.63, 3.8) is 0 Å². The second-order valence-electron chi connectivity index (χ2n) is 5.93. The summed E-state index contributed by atoms with van der Waals surface area (Å²) < 4.78 is 56.1. The summed E-state index contributed by atoms with van der Waals surface area (Å²) >= 11 is 0. The van der Waals surface area contributed by atoms with E-state index in [4.69, 9.17) is 19.4 Å². The highest BCUT2D eigenvalue weighted by Crippen LogP contribution is 2.26. The number of hydrogen-bond donors (Lipinski definition) is 3. The molecule has 1 fully saturated rings. The molecule has 1 heterocycles. The summed E-state index contributed by atoms with van der Waals surface area (Å²) in [7, 11) is -4.07. The van der Waals surface area contributed by atoms with E-state index in [0.29, 0.717) is 11.5 Å². The Morgan fingerprint density at radius 2 is 1.71 bits per heavy atom. The Labute approximate surface area is 160 Å². The molecule has 1 atom stereocenters. The van der Waals surface area contributed by atoms with Gasteiger partial charge in [-0.15, -0.1) is 0 Å². The van der Waals surface area contributed by atoms with Crippen molar-refractivity contribution in [1.29, 1.82) is 0 Å². The number of carbonyl (C=O) groups excluding carboxylic acids is 1. The molecule has 28 heavy (non-hydrogen) atoms. The molecule has 9 nitrogen and oxygen atoms in total. The zero-order valence-electron chi connectivity index (χ0n) is 14.4. The van der Waals surface area contributed by atoms with Gasteiger partial charge in [0, 0.05) is 6.42 Å². The molecule has 150 valence electrons. The smallest absolute Gasteiger partial charge is 0.432 e. The van der Waals surface area contributed by atoms with E-state index in [9.17, 15) is 17.6 Å². The van der Waals surface area contributed by atoms with Gasteiger partial charge in [-0.05, 0) is 48.5 Å². The molecule has 1 amide bonds. The molecule has 1 aliphatic rings. The molecule has 3 N–H and O–H groups in total. The van der Waals surface area contributed by atoms with Gasteiger partial charge in [-0.1, -0.05) is 0 Å². The third-order valence-corrected chi connectivity index (χ3v) is 5.40. The van der Waals surface area contributed by atoms with Crippen molar-refractivity contribution in [2.75, 3.05) is 13.2 Å². The number of nitrogens with one attached hydrogen (secondary N) is 2. The van der Waals surface area contributed by atoms with Crippen molar-refractivity contribution >= 4 is 16.1 Å². The predicted octanol–water partition coefficient (Wildman–Crippen LogP) is 2.13. The Morgan fingerprint density at radius 1 is 1.11 bits per heavy atom. The van der Waals surface area contributed by atoms with Crippen molar-refractivity contribution < 1.29 is 37.0 Å². The first-order valence-corrected chi connectivity index (χ1v) is 9.59. The molecule has 0 spiro atoms. The number of benzene rings is 2. The maximum Gasteiger partial charge on any atom is 0.432 e. The number of hydroxylamine groups is 1. The maximum atomic E-state index is 12.9. The molecule has 0 bridgehead atoms. The van der Waals surface area contributed by atoms with Gasteiger partial charge >= 0.3 is 6.09 Å². The van der Waals surface area contributed by atoms with E-state index >= 15 is 0 Å². The normalized spacial score (nSPS) is 19.2. The Morgan fingerprint density at radius 3 is 2.25 bits per heavy atom. The number of amides is 1. The fourth-order valence-electron chi connectivity index (χ4n) is 2.56. The van der Waals surface area contributed by atoms with Crippen molar-refractivity contribution in [2.45, 2.75) is 17.0 Å². The average molecular weight is 412 g/mol. The van der Waals surface area contributed by atoms with Crippen molar-refractivity contribution in [2.24, 2.45) is 0 Å². The van der Waals surface area contributed by atoms with E-state index in [0.717, 1.165) is 0 Å². The lowest BCUT2D eigenvalue weighted by Crippen LogP contribution is -2.53. The van der Waals surface area contributed by atoms with Gasteiger partial charge in [-0.3, -0.25) is 5.21 Å². The third kappa shape index (κ3) is 4.75. The second-order valence-corrected chi connectivity index (χ2v) is 7.61. The number of ether oxygens (including phenoxy) is 3. The maximum absolute atomic E-state index is 12.9. The van der Waals surface area contributed by atoms with Crippen LogP contribution in [-0.2, 0) is 19.5 Å². The minimum Gasteiger partial charge on any atom is -0.457 e. The number of rotatable bonds is 6. The predicted molar refractivity (Wildman–Crippen MR) is 92.8 cm³/mol. The van der Waals surface area contributed by atoms with Crippen LogP contribution in [0, 0.1) is 5.82 Å². The summed E-state index contributed by atoms with van der Waals surface area (Å²) in [4.78, 5) is 11.2. The summed E-state index contributed by atoms with van der Waals surface area (Å²) in [5, 5.41) is 8.61. The summed E-state index contributed by atoms with van der Waals surface area (Å²) in [6.45, 7) is -0.0307. The first-order chi connectivity index (χ1) is 13.3. The van der Waals surface area contributed by atoms with Crippen molar-refractivity contribution in [3.8, 4) is 11.5 Å². The lowest BCUT2D eigenvalue weighted by atomic mass is 10.2. The molecule has 2 aromatic carbocycles. The van der Waals surface area contributed by atoms with Crippen LogP contribution in [0.1, 0.15) is 6.42 Å². The Balaban J connectivity index is 1.74. The van der Waals surface area contributed by atoms with E-state index in [1.807, 2.05) is 0 Å². The minimum atomic E-state index is -4.07. The zero-order valence-corrected chi connectivity index (χ0v) is 15.2. The lowest BCUT2D eigenvalue weighted by Gasteiger charge is -2.27. The van der Waals surface area contributed by atoms with Gasteiger partial charge in [0.05, 0.1) is 11.5 Å². The molecule has 0 aromatic heterocycles. The highest BCUT2D eigenvalue weighted by atomic mass is 32.2. The third-order valence-electron chi connectivity index (χ3n) is 3.87. The van der Waals surface area contributed by atoms with Crippen LogP contribution in [0.15, 0.2) is 53.4 Å². The first-order valence-electron chi connectivity index (χ1n) is 8.10. The van der Waals surface area contributed by atoms with Crippen molar-refractivity contribution in [3.05, 3.63) is 54.3 Å². The quantitative estimate of drug-likeness (QED) is 0.377. The molecule has 1 unspecified atom stereocenters. The lowest BCUT2D eigenvalue weighted by molar-refractivity contribution is -0.0222. The monoisotopic (exact) mass is 412 g/mol. The summed E-state index contributed by atoms with van der Waals surface area (Å²) in [5.41, 5.74) is -0.345. The van der Waals surface area contributed by atoms with Crippen LogP contribution in [-0.4, -0.2) is 38.7 Å². The second kappa shape index (κ2) is 8.10. The van der Waals surface area contributed by atoms with Gasteiger partial charge in [0.25, 0.3) is 0 Å². The summed E-state index contributed by atoms with van der Waals surface area (Å²) in [6, 6.07) is 10.8. The van der Waals surface area contributed by atoms with Crippen LogP contribution in [0.3, 0.4) is 0 Å². The van der Waals surface area contributed by atoms with E-state index in [2.05, 4.69) is 4.72 Å².